The Kier molecular flexibility index (Phi) is 3.28. The Balaban J connectivity index is 1.32. The van der Waals surface area contributed by atoms with E-state index in [-0.39, 0.29) is 5.79 Å². The van der Waals surface area contributed by atoms with Gasteiger partial charge in [-0.1, -0.05) is 25.5 Å². The number of allylic oxidation sites excluding steroid dienone is 1. The second-order valence-electron chi connectivity index (χ2n) is 10.8. The molecular weight excluding hydrogens is 324 g/mol. The van der Waals surface area contributed by atoms with Crippen LogP contribution in [0.1, 0.15) is 65.7 Å². The second kappa shape index (κ2) is 5.15. The van der Waals surface area contributed by atoms with E-state index in [9.17, 15) is 0 Å². The van der Waals surface area contributed by atoms with E-state index < -0.39 is 0 Å². The molecule has 0 aromatic heterocycles. The third-order valence-electron chi connectivity index (χ3n) is 9.85. The molecule has 3 heteroatoms. The Hall–Kier alpha value is -0.380. The van der Waals surface area contributed by atoms with Crippen LogP contribution in [0.2, 0.25) is 0 Å². The molecule has 0 radical (unpaired) electrons. The van der Waals surface area contributed by atoms with Gasteiger partial charge in [-0.25, -0.2) is 0 Å². The predicted molar refractivity (Wildman–Crippen MR) is 99.5 cm³/mol. The average Bonchev–Trinajstić information content (AvgIpc) is 3.02. The summed E-state index contributed by atoms with van der Waals surface area (Å²) in [6.07, 6.45) is 13.0. The van der Waals surface area contributed by atoms with E-state index in [1.807, 2.05) is 0 Å². The third kappa shape index (κ3) is 2.01. The van der Waals surface area contributed by atoms with E-state index in [1.165, 1.54) is 44.9 Å². The van der Waals surface area contributed by atoms with Gasteiger partial charge < -0.3 is 14.2 Å². The van der Waals surface area contributed by atoms with E-state index in [2.05, 4.69) is 26.8 Å². The molecule has 6 rings (SSSR count). The van der Waals surface area contributed by atoms with Crippen molar-refractivity contribution in [3.63, 3.8) is 0 Å². The summed E-state index contributed by atoms with van der Waals surface area (Å²) in [4.78, 5) is 0. The van der Waals surface area contributed by atoms with Crippen LogP contribution in [0.3, 0.4) is 0 Å². The quantitative estimate of drug-likeness (QED) is 0.503. The topological polar surface area (TPSA) is 31.0 Å². The SMILES string of the molecule is CC1([C@H]2CC[C@H]3[C@@H]4CC=C5CC6OC6C[C@]5(C)[C@H]4CC[C@]23C)OCCO1. The van der Waals surface area contributed by atoms with Crippen LogP contribution in [-0.2, 0) is 14.2 Å². The van der Waals surface area contributed by atoms with E-state index in [1.54, 1.807) is 5.57 Å². The van der Waals surface area contributed by atoms with Crippen LogP contribution in [0.4, 0.5) is 0 Å². The summed E-state index contributed by atoms with van der Waals surface area (Å²) >= 11 is 0. The van der Waals surface area contributed by atoms with Crippen molar-refractivity contribution in [1.82, 2.24) is 0 Å². The van der Waals surface area contributed by atoms with Crippen LogP contribution in [0.15, 0.2) is 11.6 Å². The zero-order valence-corrected chi connectivity index (χ0v) is 16.6. The smallest absolute Gasteiger partial charge is 0.169 e. The van der Waals surface area contributed by atoms with E-state index >= 15 is 0 Å². The molecule has 0 amide bonds. The first-order chi connectivity index (χ1) is 12.4. The van der Waals surface area contributed by atoms with Crippen molar-refractivity contribution in [1.29, 1.82) is 0 Å². The van der Waals surface area contributed by atoms with Gasteiger partial charge >= 0.3 is 0 Å². The van der Waals surface area contributed by atoms with Crippen molar-refractivity contribution < 1.29 is 14.2 Å². The van der Waals surface area contributed by atoms with E-state index in [0.717, 1.165) is 31.0 Å². The van der Waals surface area contributed by atoms with Crippen LogP contribution < -0.4 is 0 Å². The first kappa shape index (κ1) is 16.6. The fraction of sp³-hybridized carbons (Fsp3) is 0.913. The van der Waals surface area contributed by atoms with Crippen molar-refractivity contribution in [2.75, 3.05) is 13.2 Å². The Morgan fingerprint density at radius 2 is 1.77 bits per heavy atom. The maximum atomic E-state index is 6.15. The van der Waals surface area contributed by atoms with Gasteiger partial charge in [0, 0.05) is 5.92 Å². The minimum atomic E-state index is -0.337. The van der Waals surface area contributed by atoms with Gasteiger partial charge in [-0.05, 0) is 80.5 Å². The van der Waals surface area contributed by atoms with Gasteiger partial charge in [-0.15, -0.1) is 0 Å². The minimum absolute atomic E-state index is 0.337. The number of ether oxygens (including phenoxy) is 3. The molecule has 2 aliphatic heterocycles. The number of rotatable bonds is 1. The lowest BCUT2D eigenvalue weighted by atomic mass is 9.47. The van der Waals surface area contributed by atoms with Gasteiger partial charge in [0.1, 0.15) is 0 Å². The van der Waals surface area contributed by atoms with Crippen LogP contribution in [0, 0.1) is 34.5 Å². The van der Waals surface area contributed by atoms with Gasteiger partial charge in [0.05, 0.1) is 25.4 Å². The molecule has 0 spiro atoms. The Morgan fingerprint density at radius 3 is 2.58 bits per heavy atom. The summed E-state index contributed by atoms with van der Waals surface area (Å²) in [5.74, 6) is 2.78. The highest BCUT2D eigenvalue weighted by Crippen LogP contribution is 2.69. The summed E-state index contributed by atoms with van der Waals surface area (Å²) in [6, 6.07) is 0. The average molecular weight is 359 g/mol. The molecule has 3 nitrogen and oxygen atoms in total. The number of fused-ring (bicyclic) bond motifs is 6. The molecule has 5 fully saturated rings. The molecule has 144 valence electrons. The Labute approximate surface area is 157 Å². The van der Waals surface area contributed by atoms with Gasteiger partial charge in [-0.3, -0.25) is 0 Å². The first-order valence-electron chi connectivity index (χ1n) is 11.1. The van der Waals surface area contributed by atoms with Crippen LogP contribution in [0.25, 0.3) is 0 Å². The van der Waals surface area contributed by atoms with Crippen molar-refractivity contribution in [3.8, 4) is 0 Å². The largest absolute Gasteiger partial charge is 0.369 e. The lowest BCUT2D eigenvalue weighted by Gasteiger charge is -2.58. The zero-order valence-electron chi connectivity index (χ0n) is 16.6. The second-order valence-corrected chi connectivity index (χ2v) is 10.8. The molecule has 4 aliphatic carbocycles. The molecule has 0 aromatic rings. The number of epoxide rings is 1. The molecule has 3 saturated carbocycles. The van der Waals surface area contributed by atoms with Crippen molar-refractivity contribution in [2.24, 2.45) is 34.5 Å². The maximum absolute atomic E-state index is 6.15. The van der Waals surface area contributed by atoms with Gasteiger partial charge in [-0.2, -0.15) is 0 Å². The Morgan fingerprint density at radius 1 is 0.962 bits per heavy atom. The van der Waals surface area contributed by atoms with Crippen molar-refractivity contribution >= 4 is 0 Å². The van der Waals surface area contributed by atoms with E-state index in [0.29, 0.717) is 29.0 Å². The lowest BCUT2D eigenvalue weighted by Crippen LogP contribution is -2.53. The molecular formula is C23H34O3. The minimum Gasteiger partial charge on any atom is -0.369 e. The standard InChI is InChI=1S/C23H34O3/c1-21-9-8-17-15(5-4-14-12-18-19(26-18)13-22(14,17)2)16(21)6-7-20(21)23(3)24-10-11-25-23/h4,15-20H,5-13H2,1-3H3/t15-,16-,17-,18?,19?,20-,21-,22-/m0/s1. The highest BCUT2D eigenvalue weighted by atomic mass is 16.7. The summed E-state index contributed by atoms with van der Waals surface area (Å²) < 4.78 is 18.2. The predicted octanol–water partition coefficient (Wildman–Crippen LogP) is 4.71. The molecule has 26 heavy (non-hydrogen) atoms. The van der Waals surface area contributed by atoms with Crippen LogP contribution in [0.5, 0.6) is 0 Å². The molecule has 2 heterocycles. The summed E-state index contributed by atoms with van der Waals surface area (Å²) in [5, 5.41) is 0. The number of hydrogen-bond donors (Lipinski definition) is 0. The molecule has 0 aromatic carbocycles. The molecule has 0 N–H and O–H groups in total. The maximum Gasteiger partial charge on any atom is 0.169 e. The summed E-state index contributed by atoms with van der Waals surface area (Å²) in [6.45, 7) is 8.91. The van der Waals surface area contributed by atoms with Crippen molar-refractivity contribution in [2.45, 2.75) is 83.7 Å². The molecule has 0 bridgehead atoms. The summed E-state index contributed by atoms with van der Waals surface area (Å²) in [7, 11) is 0. The van der Waals surface area contributed by atoms with Crippen LogP contribution in [-0.4, -0.2) is 31.2 Å². The molecule has 6 aliphatic rings. The monoisotopic (exact) mass is 358 g/mol. The zero-order chi connectivity index (χ0) is 17.7. The fourth-order valence-corrected chi connectivity index (χ4v) is 8.52. The normalized spacial score (nSPS) is 56.8. The van der Waals surface area contributed by atoms with Gasteiger partial charge in [0.25, 0.3) is 0 Å². The van der Waals surface area contributed by atoms with Gasteiger partial charge in [0.2, 0.25) is 0 Å². The fourth-order valence-electron chi connectivity index (χ4n) is 8.52. The first-order valence-corrected chi connectivity index (χ1v) is 11.1. The van der Waals surface area contributed by atoms with Gasteiger partial charge in [0.15, 0.2) is 5.79 Å². The molecule has 8 atom stereocenters. The van der Waals surface area contributed by atoms with Crippen molar-refractivity contribution in [3.05, 3.63) is 11.6 Å². The number of hydrogen-bond acceptors (Lipinski definition) is 3. The Bertz CT molecular complexity index is 650. The van der Waals surface area contributed by atoms with Crippen LogP contribution >= 0.6 is 0 Å². The summed E-state index contributed by atoms with van der Waals surface area (Å²) in [5.41, 5.74) is 2.53. The highest BCUT2D eigenvalue weighted by molar-refractivity contribution is 5.28. The third-order valence-corrected chi connectivity index (χ3v) is 9.85. The highest BCUT2D eigenvalue weighted by Gasteiger charge is 2.64. The molecule has 2 unspecified atom stereocenters. The lowest BCUT2D eigenvalue weighted by molar-refractivity contribution is -0.214. The molecule has 2 saturated heterocycles. The van der Waals surface area contributed by atoms with E-state index in [4.69, 9.17) is 14.2 Å².